The van der Waals surface area contributed by atoms with E-state index in [1.165, 1.54) is 17.7 Å². The molecule has 0 bridgehead atoms. The molecule has 2 rings (SSSR count). The van der Waals surface area contributed by atoms with Gasteiger partial charge in [-0.05, 0) is 40.8 Å². The van der Waals surface area contributed by atoms with Crippen molar-refractivity contribution in [2.24, 2.45) is 0 Å². The topological polar surface area (TPSA) is 0 Å². The fraction of sp³-hybridized carbons (Fsp3) is 0.200. The summed E-state index contributed by atoms with van der Waals surface area (Å²) in [6, 6.07) is 15.6. The van der Waals surface area contributed by atoms with Crippen LogP contribution in [0.4, 0.5) is 4.39 Å². The Morgan fingerprint density at radius 3 is 2.38 bits per heavy atom. The van der Waals surface area contributed by atoms with Gasteiger partial charge in [-0.3, -0.25) is 0 Å². The van der Waals surface area contributed by atoms with Crippen molar-refractivity contribution in [1.82, 2.24) is 0 Å². The lowest BCUT2D eigenvalue weighted by molar-refractivity contribution is 0.628. The van der Waals surface area contributed by atoms with Gasteiger partial charge in [0.25, 0.3) is 0 Å². The molecule has 0 saturated carbocycles. The highest BCUT2D eigenvalue weighted by Gasteiger charge is 2.07. The molecule has 0 aliphatic heterocycles. The summed E-state index contributed by atoms with van der Waals surface area (Å²) in [7, 11) is 0. The van der Waals surface area contributed by atoms with Gasteiger partial charge in [0.1, 0.15) is 5.82 Å². The summed E-state index contributed by atoms with van der Waals surface area (Å²) < 4.78 is 12.9. The van der Waals surface area contributed by atoms with Crippen molar-refractivity contribution in [2.45, 2.75) is 19.8 Å². The molecule has 81 valence electrons. The van der Waals surface area contributed by atoms with Crippen LogP contribution in [0.15, 0.2) is 42.5 Å². The highest BCUT2D eigenvalue weighted by molar-refractivity contribution is 5.67. The lowest BCUT2D eigenvalue weighted by Gasteiger charge is -2.12. The second kappa shape index (κ2) is 4.48. The Balaban J connectivity index is 2.51. The number of rotatable bonds is 2. The smallest absolute Gasteiger partial charge is 0.123 e. The van der Waals surface area contributed by atoms with Crippen LogP contribution in [0.25, 0.3) is 11.1 Å². The molecule has 0 aliphatic rings. The molecular formula is C15H14F. The van der Waals surface area contributed by atoms with Gasteiger partial charge in [0, 0.05) is 0 Å². The first-order valence-corrected chi connectivity index (χ1v) is 5.44. The fourth-order valence-corrected chi connectivity index (χ4v) is 1.81. The minimum atomic E-state index is -0.197. The van der Waals surface area contributed by atoms with E-state index in [2.05, 4.69) is 19.9 Å². The maximum absolute atomic E-state index is 12.9. The lowest BCUT2D eigenvalue weighted by atomic mass is 9.93. The van der Waals surface area contributed by atoms with Gasteiger partial charge < -0.3 is 0 Å². The maximum atomic E-state index is 12.9. The summed E-state index contributed by atoms with van der Waals surface area (Å²) in [6.45, 7) is 4.30. The van der Waals surface area contributed by atoms with Crippen LogP contribution in [0.1, 0.15) is 25.3 Å². The highest BCUT2D eigenvalue weighted by Crippen LogP contribution is 2.28. The molecule has 1 radical (unpaired) electrons. The molecule has 0 aliphatic carbocycles. The van der Waals surface area contributed by atoms with Gasteiger partial charge in [0.2, 0.25) is 0 Å². The van der Waals surface area contributed by atoms with Crippen LogP contribution in [-0.4, -0.2) is 0 Å². The summed E-state index contributed by atoms with van der Waals surface area (Å²) in [5, 5.41) is 0. The number of hydrogen-bond acceptors (Lipinski definition) is 0. The van der Waals surface area contributed by atoms with Crippen molar-refractivity contribution in [3.05, 3.63) is 59.9 Å². The van der Waals surface area contributed by atoms with Gasteiger partial charge in [-0.25, -0.2) is 4.39 Å². The number of benzene rings is 2. The second-order valence-electron chi connectivity index (χ2n) is 4.17. The molecule has 0 heterocycles. The van der Waals surface area contributed by atoms with Crippen molar-refractivity contribution in [2.75, 3.05) is 0 Å². The van der Waals surface area contributed by atoms with E-state index in [1.807, 2.05) is 30.3 Å². The van der Waals surface area contributed by atoms with Gasteiger partial charge >= 0.3 is 0 Å². The molecule has 0 atom stereocenters. The van der Waals surface area contributed by atoms with Crippen LogP contribution in [0, 0.1) is 11.9 Å². The molecular weight excluding hydrogens is 199 g/mol. The Morgan fingerprint density at radius 1 is 1.06 bits per heavy atom. The first-order valence-electron chi connectivity index (χ1n) is 5.44. The third-order valence-corrected chi connectivity index (χ3v) is 2.67. The van der Waals surface area contributed by atoms with Crippen LogP contribution in [0.5, 0.6) is 0 Å². The minimum Gasteiger partial charge on any atom is -0.207 e. The standard InChI is InChI=1S/C15H14F/c1-11(2)14-5-3-4-6-15(14)12-7-9-13(16)10-8-12/h4-11H,1-2H3. The first-order chi connectivity index (χ1) is 7.68. The van der Waals surface area contributed by atoms with E-state index in [4.69, 9.17) is 0 Å². The second-order valence-corrected chi connectivity index (χ2v) is 4.17. The summed E-state index contributed by atoms with van der Waals surface area (Å²) in [5.41, 5.74) is 3.46. The number of hydrogen-bond donors (Lipinski definition) is 0. The van der Waals surface area contributed by atoms with Crippen molar-refractivity contribution in [3.63, 3.8) is 0 Å². The predicted molar refractivity (Wildman–Crippen MR) is 64.8 cm³/mol. The van der Waals surface area contributed by atoms with E-state index in [0.29, 0.717) is 5.92 Å². The van der Waals surface area contributed by atoms with E-state index in [9.17, 15) is 4.39 Å². The Bertz CT molecular complexity index is 469. The molecule has 0 saturated heterocycles. The van der Waals surface area contributed by atoms with Crippen LogP contribution < -0.4 is 0 Å². The van der Waals surface area contributed by atoms with Crippen molar-refractivity contribution >= 4 is 0 Å². The van der Waals surface area contributed by atoms with Gasteiger partial charge in [-0.1, -0.05) is 44.2 Å². The quantitative estimate of drug-likeness (QED) is 0.692. The zero-order valence-electron chi connectivity index (χ0n) is 9.50. The molecule has 0 spiro atoms. The Hall–Kier alpha value is -1.63. The molecule has 2 aromatic carbocycles. The molecule has 0 fully saturated rings. The van der Waals surface area contributed by atoms with E-state index < -0.39 is 0 Å². The Labute approximate surface area is 95.7 Å². The number of halogens is 1. The molecule has 2 aromatic rings. The zero-order valence-corrected chi connectivity index (χ0v) is 9.50. The van der Waals surface area contributed by atoms with Crippen molar-refractivity contribution < 1.29 is 4.39 Å². The van der Waals surface area contributed by atoms with Gasteiger partial charge in [-0.2, -0.15) is 0 Å². The van der Waals surface area contributed by atoms with Crippen molar-refractivity contribution in [1.29, 1.82) is 0 Å². The summed E-state index contributed by atoms with van der Waals surface area (Å²) in [5.74, 6) is 0.245. The molecule has 0 N–H and O–H groups in total. The molecule has 0 unspecified atom stereocenters. The van der Waals surface area contributed by atoms with Crippen molar-refractivity contribution in [3.8, 4) is 11.1 Å². The van der Waals surface area contributed by atoms with E-state index in [0.717, 1.165) is 11.1 Å². The van der Waals surface area contributed by atoms with Gasteiger partial charge in [0.15, 0.2) is 0 Å². The van der Waals surface area contributed by atoms with E-state index >= 15 is 0 Å². The highest BCUT2D eigenvalue weighted by atomic mass is 19.1. The monoisotopic (exact) mass is 213 g/mol. The summed E-state index contributed by atoms with van der Waals surface area (Å²) >= 11 is 0. The maximum Gasteiger partial charge on any atom is 0.123 e. The molecule has 0 amide bonds. The largest absolute Gasteiger partial charge is 0.207 e. The summed E-state index contributed by atoms with van der Waals surface area (Å²) in [4.78, 5) is 0. The van der Waals surface area contributed by atoms with Crippen LogP contribution in [-0.2, 0) is 0 Å². The SMILES string of the molecule is CC(C)c1c[c]ccc1-c1ccc(F)cc1. The summed E-state index contributed by atoms with van der Waals surface area (Å²) in [6.07, 6.45) is 0. The normalized spacial score (nSPS) is 10.8. The van der Waals surface area contributed by atoms with Crippen LogP contribution >= 0.6 is 0 Å². The van der Waals surface area contributed by atoms with Gasteiger partial charge in [-0.15, -0.1) is 0 Å². The molecule has 0 nitrogen and oxygen atoms in total. The van der Waals surface area contributed by atoms with Crippen LogP contribution in [0.3, 0.4) is 0 Å². The average molecular weight is 213 g/mol. The van der Waals surface area contributed by atoms with Crippen LogP contribution in [0.2, 0.25) is 0 Å². The first kappa shape index (κ1) is 10.9. The third-order valence-electron chi connectivity index (χ3n) is 2.67. The molecule has 16 heavy (non-hydrogen) atoms. The zero-order chi connectivity index (χ0) is 11.5. The average Bonchev–Trinajstić information content (AvgIpc) is 2.30. The Morgan fingerprint density at radius 2 is 1.75 bits per heavy atom. The third kappa shape index (κ3) is 2.13. The minimum absolute atomic E-state index is 0.197. The predicted octanol–water partition coefficient (Wildman–Crippen LogP) is 4.42. The molecule has 0 aromatic heterocycles. The Kier molecular flexibility index (Phi) is 3.04. The fourth-order valence-electron chi connectivity index (χ4n) is 1.81. The van der Waals surface area contributed by atoms with E-state index in [1.54, 1.807) is 0 Å². The lowest BCUT2D eigenvalue weighted by Crippen LogP contribution is -1.91. The van der Waals surface area contributed by atoms with E-state index in [-0.39, 0.29) is 5.82 Å². The molecule has 1 heteroatoms. The van der Waals surface area contributed by atoms with Gasteiger partial charge in [0.05, 0.1) is 0 Å².